The van der Waals surface area contributed by atoms with Gasteiger partial charge >= 0.3 is 0 Å². The highest BCUT2D eigenvalue weighted by Gasteiger charge is 2.12. The molecule has 0 saturated heterocycles. The first-order valence-corrected chi connectivity index (χ1v) is 9.66. The summed E-state index contributed by atoms with van der Waals surface area (Å²) in [5, 5.41) is 2.18. The molecule has 23 heavy (non-hydrogen) atoms. The van der Waals surface area contributed by atoms with Crippen LogP contribution < -0.4 is 4.72 Å². The first kappa shape index (κ1) is 16.2. The van der Waals surface area contributed by atoms with Crippen molar-refractivity contribution >= 4 is 36.7 Å². The van der Waals surface area contributed by atoms with Gasteiger partial charge in [0.25, 0.3) is 0 Å². The van der Waals surface area contributed by atoms with Crippen molar-refractivity contribution < 1.29 is 8.42 Å². The molecule has 0 aromatic heterocycles. The van der Waals surface area contributed by atoms with Crippen LogP contribution in [0.4, 0.5) is 0 Å². The summed E-state index contributed by atoms with van der Waals surface area (Å²) < 4.78 is 28.2. The topological polar surface area (TPSA) is 46.2 Å². The van der Waals surface area contributed by atoms with Crippen LogP contribution in [-0.2, 0) is 22.3 Å². The maximum atomic E-state index is 12.3. The molecule has 0 aliphatic heterocycles. The molecule has 0 fully saturated rings. The Hall–Kier alpha value is -1.69. The van der Waals surface area contributed by atoms with Gasteiger partial charge in [0, 0.05) is 11.0 Å². The Kier molecular flexibility index (Phi) is 4.80. The minimum Gasteiger partial charge on any atom is -0.212 e. The van der Waals surface area contributed by atoms with Crippen molar-refractivity contribution in [3.8, 4) is 0 Å². The molecule has 0 spiro atoms. The Labute approximate surface area is 144 Å². The zero-order valence-corrected chi connectivity index (χ0v) is 14.8. The summed E-state index contributed by atoms with van der Waals surface area (Å²) in [5.41, 5.74) is 1.74. The summed E-state index contributed by atoms with van der Waals surface area (Å²) in [7, 11) is -3.38. The van der Waals surface area contributed by atoms with E-state index in [0.29, 0.717) is 6.54 Å². The largest absolute Gasteiger partial charge is 0.216 e. The number of fused-ring (bicyclic) bond motifs is 1. The third-order valence-corrected chi connectivity index (χ3v) is 5.46. The van der Waals surface area contributed by atoms with E-state index in [4.69, 9.17) is 0 Å². The fraction of sp³-hybridized carbons (Fsp3) is 0.111. The standard InChI is InChI=1S/C18H16BrNO2S/c19-17-10-8-14(9-11-17)13-23(21,22)20-12-16-6-3-5-15-4-1-2-7-18(15)16/h1-11,20H,12-13H2. The number of rotatable bonds is 5. The number of nitrogens with one attached hydrogen (secondary N) is 1. The SMILES string of the molecule is O=S(=O)(Cc1ccc(Br)cc1)NCc1cccc2ccccc12. The molecule has 0 bridgehead atoms. The third kappa shape index (κ3) is 4.19. The van der Waals surface area contributed by atoms with E-state index >= 15 is 0 Å². The zero-order chi connectivity index (χ0) is 16.3. The third-order valence-electron chi connectivity index (χ3n) is 3.63. The van der Waals surface area contributed by atoms with Crippen molar-refractivity contribution in [2.75, 3.05) is 0 Å². The number of hydrogen-bond donors (Lipinski definition) is 1. The van der Waals surface area contributed by atoms with E-state index < -0.39 is 10.0 Å². The molecule has 0 aliphatic rings. The number of sulfonamides is 1. The van der Waals surface area contributed by atoms with Crippen LogP contribution >= 0.6 is 15.9 Å². The highest BCUT2D eigenvalue weighted by molar-refractivity contribution is 9.10. The first-order valence-electron chi connectivity index (χ1n) is 7.22. The lowest BCUT2D eigenvalue weighted by Crippen LogP contribution is -2.24. The molecule has 5 heteroatoms. The molecule has 0 saturated carbocycles. The van der Waals surface area contributed by atoms with Gasteiger partial charge in [-0.05, 0) is 34.0 Å². The normalized spacial score (nSPS) is 11.7. The van der Waals surface area contributed by atoms with E-state index in [2.05, 4.69) is 20.7 Å². The molecule has 3 nitrogen and oxygen atoms in total. The number of hydrogen-bond acceptors (Lipinski definition) is 2. The molecule has 0 amide bonds. The quantitative estimate of drug-likeness (QED) is 0.709. The Balaban J connectivity index is 1.74. The van der Waals surface area contributed by atoms with Crippen LogP contribution in [0.15, 0.2) is 71.2 Å². The molecule has 0 radical (unpaired) electrons. The van der Waals surface area contributed by atoms with Crippen LogP contribution in [0.1, 0.15) is 11.1 Å². The minimum atomic E-state index is -3.38. The van der Waals surface area contributed by atoms with E-state index in [-0.39, 0.29) is 5.75 Å². The van der Waals surface area contributed by atoms with Gasteiger partial charge in [0.1, 0.15) is 0 Å². The average Bonchev–Trinajstić information content (AvgIpc) is 2.55. The van der Waals surface area contributed by atoms with E-state index in [9.17, 15) is 8.42 Å². The van der Waals surface area contributed by atoms with E-state index in [0.717, 1.165) is 26.4 Å². The van der Waals surface area contributed by atoms with Gasteiger partial charge in [-0.2, -0.15) is 0 Å². The fourth-order valence-electron chi connectivity index (χ4n) is 2.49. The fourth-order valence-corrected chi connectivity index (χ4v) is 3.86. The molecule has 3 aromatic rings. The lowest BCUT2D eigenvalue weighted by atomic mass is 10.1. The van der Waals surface area contributed by atoms with Crippen LogP contribution in [0.3, 0.4) is 0 Å². The van der Waals surface area contributed by atoms with Crippen molar-refractivity contribution in [1.82, 2.24) is 4.72 Å². The Morgan fingerprint density at radius 3 is 2.35 bits per heavy atom. The van der Waals surface area contributed by atoms with Gasteiger partial charge in [0.15, 0.2) is 0 Å². The molecule has 0 heterocycles. The molecular weight excluding hydrogens is 374 g/mol. The van der Waals surface area contributed by atoms with Crippen LogP contribution in [0.5, 0.6) is 0 Å². The predicted molar refractivity (Wildman–Crippen MR) is 97.6 cm³/mol. The molecule has 0 aliphatic carbocycles. The van der Waals surface area contributed by atoms with E-state index in [1.165, 1.54) is 0 Å². The van der Waals surface area contributed by atoms with Crippen molar-refractivity contribution in [2.24, 2.45) is 0 Å². The zero-order valence-electron chi connectivity index (χ0n) is 12.4. The van der Waals surface area contributed by atoms with Crippen molar-refractivity contribution in [3.05, 3.63) is 82.3 Å². The molecule has 3 rings (SSSR count). The van der Waals surface area contributed by atoms with Gasteiger partial charge < -0.3 is 0 Å². The molecule has 0 atom stereocenters. The lowest BCUT2D eigenvalue weighted by Gasteiger charge is -2.09. The van der Waals surface area contributed by atoms with Crippen LogP contribution in [0.2, 0.25) is 0 Å². The first-order chi connectivity index (χ1) is 11.0. The van der Waals surface area contributed by atoms with Gasteiger partial charge in [-0.25, -0.2) is 13.1 Å². The summed E-state index contributed by atoms with van der Waals surface area (Å²) in [4.78, 5) is 0. The van der Waals surface area contributed by atoms with Crippen molar-refractivity contribution in [1.29, 1.82) is 0 Å². The number of benzene rings is 3. The van der Waals surface area contributed by atoms with E-state index in [1.807, 2.05) is 54.6 Å². The van der Waals surface area contributed by atoms with Crippen LogP contribution in [0, 0.1) is 0 Å². The maximum Gasteiger partial charge on any atom is 0.216 e. The molecule has 3 aromatic carbocycles. The van der Waals surface area contributed by atoms with Crippen molar-refractivity contribution in [3.63, 3.8) is 0 Å². The van der Waals surface area contributed by atoms with Gasteiger partial charge in [-0.15, -0.1) is 0 Å². The second-order valence-electron chi connectivity index (χ2n) is 5.34. The monoisotopic (exact) mass is 389 g/mol. The number of halogens is 1. The average molecular weight is 390 g/mol. The van der Waals surface area contributed by atoms with Crippen LogP contribution in [-0.4, -0.2) is 8.42 Å². The second-order valence-corrected chi connectivity index (χ2v) is 8.07. The highest BCUT2D eigenvalue weighted by atomic mass is 79.9. The lowest BCUT2D eigenvalue weighted by molar-refractivity contribution is 0.580. The Morgan fingerprint density at radius 1 is 0.870 bits per heavy atom. The van der Waals surface area contributed by atoms with E-state index in [1.54, 1.807) is 12.1 Å². The van der Waals surface area contributed by atoms with Crippen molar-refractivity contribution in [2.45, 2.75) is 12.3 Å². The van der Waals surface area contributed by atoms with Crippen LogP contribution in [0.25, 0.3) is 10.8 Å². The summed E-state index contributed by atoms with van der Waals surface area (Å²) >= 11 is 3.34. The minimum absolute atomic E-state index is 0.0228. The molecular formula is C18H16BrNO2S. The predicted octanol–water partition coefficient (Wildman–Crippen LogP) is 4.22. The Bertz CT molecular complexity index is 916. The van der Waals surface area contributed by atoms with Gasteiger partial charge in [0.05, 0.1) is 5.75 Å². The maximum absolute atomic E-state index is 12.3. The molecule has 118 valence electrons. The summed E-state index contributed by atoms with van der Waals surface area (Å²) in [6.45, 7) is 0.292. The molecule has 0 unspecified atom stereocenters. The van der Waals surface area contributed by atoms with Gasteiger partial charge in [-0.3, -0.25) is 0 Å². The van der Waals surface area contributed by atoms with Gasteiger partial charge in [-0.1, -0.05) is 70.5 Å². The highest BCUT2D eigenvalue weighted by Crippen LogP contribution is 2.19. The smallest absolute Gasteiger partial charge is 0.212 e. The summed E-state index contributed by atoms with van der Waals surface area (Å²) in [6.07, 6.45) is 0. The Morgan fingerprint density at radius 2 is 1.57 bits per heavy atom. The summed E-state index contributed by atoms with van der Waals surface area (Å²) in [5.74, 6) is -0.0228. The van der Waals surface area contributed by atoms with Gasteiger partial charge in [0.2, 0.25) is 10.0 Å². The molecule has 1 N–H and O–H groups in total. The second kappa shape index (κ2) is 6.83. The summed E-state index contributed by atoms with van der Waals surface area (Å²) in [6, 6.07) is 21.2.